The highest BCUT2D eigenvalue weighted by Gasteiger charge is 2.23. The van der Waals surface area contributed by atoms with E-state index in [-0.39, 0.29) is 33.9 Å². The predicted molar refractivity (Wildman–Crippen MR) is 165 cm³/mol. The van der Waals surface area contributed by atoms with Crippen molar-refractivity contribution in [2.75, 3.05) is 39.3 Å². The lowest BCUT2D eigenvalue weighted by atomic mass is 10.0. The number of para-hydroxylation sites is 1. The van der Waals surface area contributed by atoms with Crippen LogP contribution in [0.5, 0.6) is 17.2 Å². The number of rotatable bonds is 9. The molecule has 3 amide bonds. The maximum absolute atomic E-state index is 11.9. The fourth-order valence-electron chi connectivity index (χ4n) is 5.62. The molecule has 1 fully saturated rings. The highest BCUT2D eigenvalue weighted by molar-refractivity contribution is 5.97. The van der Waals surface area contributed by atoms with E-state index in [4.69, 9.17) is 17.2 Å². The first kappa shape index (κ1) is 32.3. The zero-order chi connectivity index (χ0) is 32.1. The average Bonchev–Trinajstić information content (AvgIpc) is 3.04. The zero-order valence-corrected chi connectivity index (χ0v) is 25.0. The smallest absolute Gasteiger partial charge is 0.252 e. The van der Waals surface area contributed by atoms with Crippen LogP contribution in [-0.4, -0.2) is 87.0 Å². The Labute approximate surface area is 256 Å². The summed E-state index contributed by atoms with van der Waals surface area (Å²) in [7, 11) is 0. The third kappa shape index (κ3) is 7.64. The maximum atomic E-state index is 11.9. The molecule has 0 aliphatic carbocycles. The lowest BCUT2D eigenvalue weighted by Gasteiger charge is -2.27. The van der Waals surface area contributed by atoms with Crippen LogP contribution in [0.1, 0.15) is 58.9 Å². The van der Waals surface area contributed by atoms with Gasteiger partial charge in [0.1, 0.15) is 17.2 Å². The van der Waals surface area contributed by atoms with Gasteiger partial charge in [0.25, 0.3) is 17.7 Å². The Hall–Kier alpha value is -4.65. The molecule has 12 nitrogen and oxygen atoms in total. The van der Waals surface area contributed by atoms with Crippen molar-refractivity contribution in [3.63, 3.8) is 0 Å². The summed E-state index contributed by atoms with van der Waals surface area (Å²) < 4.78 is 0. The Morgan fingerprint density at radius 3 is 1.27 bits per heavy atom. The van der Waals surface area contributed by atoms with Gasteiger partial charge in [0.15, 0.2) is 0 Å². The van der Waals surface area contributed by atoms with E-state index in [0.29, 0.717) is 75.6 Å². The monoisotopic (exact) mass is 604 g/mol. The van der Waals surface area contributed by atoms with Crippen LogP contribution in [0.15, 0.2) is 42.5 Å². The van der Waals surface area contributed by atoms with Crippen molar-refractivity contribution in [3.05, 3.63) is 87.0 Å². The summed E-state index contributed by atoms with van der Waals surface area (Å²) in [6, 6.07) is 11.7. The molecule has 0 unspecified atom stereocenters. The number of nitrogens with two attached hydrogens (primary N) is 3. The SMILES string of the molecule is Cc1cc(CN2CCN(Cc3cccc(C(N)=O)c3O)CCN(Cc3cc(C)cc(C(N)=O)c3O)CC2)c(O)c(C(N)=O)c1. The molecule has 44 heavy (non-hydrogen) atoms. The topological polar surface area (TPSA) is 200 Å². The number of aromatic hydroxyl groups is 3. The van der Waals surface area contributed by atoms with Crippen LogP contribution in [-0.2, 0) is 19.6 Å². The van der Waals surface area contributed by atoms with Crippen molar-refractivity contribution in [2.24, 2.45) is 17.2 Å². The Morgan fingerprint density at radius 1 is 0.568 bits per heavy atom. The van der Waals surface area contributed by atoms with Gasteiger partial charge in [-0.25, -0.2) is 0 Å². The molecular weight excluding hydrogens is 564 g/mol. The standard InChI is InChI=1S/C32H40N6O6/c1-19-12-22(28(40)25(14-19)31(34)43)17-37-8-6-36(16-21-4-3-5-24(27(21)39)30(33)42)7-9-38(11-10-37)18-23-13-20(2)15-26(29(23)41)32(35)44/h3-5,12-15,39-41H,6-11,16-18H2,1-2H3,(H2,33,42)(H2,34,43)(H2,35,44). The van der Waals surface area contributed by atoms with E-state index in [1.54, 1.807) is 24.3 Å². The second kappa shape index (κ2) is 13.8. The first-order valence-electron chi connectivity index (χ1n) is 14.4. The van der Waals surface area contributed by atoms with Gasteiger partial charge in [-0.15, -0.1) is 0 Å². The molecule has 1 aliphatic rings. The fourth-order valence-corrected chi connectivity index (χ4v) is 5.62. The number of aryl methyl sites for hydroxylation is 2. The normalized spacial score (nSPS) is 15.3. The summed E-state index contributed by atoms with van der Waals surface area (Å²) in [5.41, 5.74) is 19.9. The van der Waals surface area contributed by atoms with Gasteiger partial charge in [-0.2, -0.15) is 0 Å². The van der Waals surface area contributed by atoms with Gasteiger partial charge in [-0.1, -0.05) is 24.3 Å². The summed E-state index contributed by atoms with van der Waals surface area (Å²) >= 11 is 0. The van der Waals surface area contributed by atoms with Gasteiger partial charge in [-0.05, 0) is 43.2 Å². The van der Waals surface area contributed by atoms with Crippen molar-refractivity contribution >= 4 is 17.7 Å². The van der Waals surface area contributed by atoms with Gasteiger partial charge in [0, 0.05) is 75.6 Å². The highest BCUT2D eigenvalue weighted by Crippen LogP contribution is 2.28. The van der Waals surface area contributed by atoms with Crippen molar-refractivity contribution in [1.82, 2.24) is 14.7 Å². The summed E-state index contributed by atoms with van der Waals surface area (Å²) in [6.07, 6.45) is 0. The van der Waals surface area contributed by atoms with Gasteiger partial charge in [0.05, 0.1) is 16.7 Å². The maximum Gasteiger partial charge on any atom is 0.252 e. The number of hydrogen-bond donors (Lipinski definition) is 6. The van der Waals surface area contributed by atoms with Crippen LogP contribution in [0.3, 0.4) is 0 Å². The van der Waals surface area contributed by atoms with Gasteiger partial charge in [0.2, 0.25) is 0 Å². The zero-order valence-electron chi connectivity index (χ0n) is 25.0. The molecule has 0 spiro atoms. The largest absolute Gasteiger partial charge is 0.507 e. The molecule has 1 heterocycles. The molecule has 0 bridgehead atoms. The third-order valence-electron chi connectivity index (χ3n) is 7.96. The molecule has 1 saturated heterocycles. The molecule has 234 valence electrons. The van der Waals surface area contributed by atoms with Crippen molar-refractivity contribution in [1.29, 1.82) is 0 Å². The number of benzene rings is 3. The number of carbonyl (C=O) groups excluding carboxylic acids is 3. The van der Waals surface area contributed by atoms with Crippen LogP contribution >= 0.6 is 0 Å². The van der Waals surface area contributed by atoms with Crippen LogP contribution in [0.25, 0.3) is 0 Å². The minimum absolute atomic E-state index is 0.0513. The molecule has 9 N–H and O–H groups in total. The van der Waals surface area contributed by atoms with Gasteiger partial charge >= 0.3 is 0 Å². The number of amides is 3. The third-order valence-corrected chi connectivity index (χ3v) is 7.96. The molecule has 1 aliphatic heterocycles. The Bertz CT molecular complexity index is 1490. The minimum atomic E-state index is -0.715. The van der Waals surface area contributed by atoms with E-state index in [1.165, 1.54) is 6.07 Å². The highest BCUT2D eigenvalue weighted by atomic mass is 16.3. The number of hydrogen-bond acceptors (Lipinski definition) is 9. The molecule has 4 rings (SSSR count). The molecule has 3 aromatic carbocycles. The summed E-state index contributed by atoms with van der Waals surface area (Å²) in [5, 5.41) is 32.4. The fraction of sp³-hybridized carbons (Fsp3) is 0.344. The number of nitrogens with zero attached hydrogens (tertiary/aromatic N) is 3. The molecule has 12 heteroatoms. The molecule has 0 saturated carbocycles. The average molecular weight is 605 g/mol. The van der Waals surface area contributed by atoms with E-state index >= 15 is 0 Å². The number of primary amides is 3. The molecule has 3 aromatic rings. The molecular formula is C32H40N6O6. The first-order valence-corrected chi connectivity index (χ1v) is 14.4. The van der Waals surface area contributed by atoms with Crippen LogP contribution in [0.4, 0.5) is 0 Å². The molecule has 0 atom stereocenters. The van der Waals surface area contributed by atoms with Crippen LogP contribution < -0.4 is 17.2 Å². The van der Waals surface area contributed by atoms with Crippen molar-refractivity contribution < 1.29 is 29.7 Å². The molecule has 0 aromatic heterocycles. The molecule has 0 radical (unpaired) electrons. The van der Waals surface area contributed by atoms with Gasteiger partial charge < -0.3 is 32.5 Å². The second-order valence-corrected chi connectivity index (χ2v) is 11.4. The second-order valence-electron chi connectivity index (χ2n) is 11.4. The van der Waals surface area contributed by atoms with Crippen LogP contribution in [0, 0.1) is 13.8 Å². The first-order chi connectivity index (χ1) is 20.8. The van der Waals surface area contributed by atoms with E-state index < -0.39 is 17.7 Å². The minimum Gasteiger partial charge on any atom is -0.507 e. The Morgan fingerprint density at radius 2 is 0.909 bits per heavy atom. The summed E-state index contributed by atoms with van der Waals surface area (Å²) in [4.78, 5) is 42.1. The lowest BCUT2D eigenvalue weighted by molar-refractivity contribution is 0.0988. The number of carbonyl (C=O) groups is 3. The van der Waals surface area contributed by atoms with E-state index in [2.05, 4.69) is 14.7 Å². The predicted octanol–water partition coefficient (Wildman–Crippen LogP) is 1.54. The van der Waals surface area contributed by atoms with Crippen molar-refractivity contribution in [2.45, 2.75) is 33.5 Å². The number of phenols is 3. The summed E-state index contributed by atoms with van der Waals surface area (Å²) in [6.45, 7) is 8.23. The summed E-state index contributed by atoms with van der Waals surface area (Å²) in [5.74, 6) is -2.57. The quantitative estimate of drug-likeness (QED) is 0.210. The Kier molecular flexibility index (Phi) is 10.1. The van der Waals surface area contributed by atoms with Crippen LogP contribution in [0.2, 0.25) is 0 Å². The van der Waals surface area contributed by atoms with E-state index in [9.17, 15) is 29.7 Å². The van der Waals surface area contributed by atoms with Gasteiger partial charge in [-0.3, -0.25) is 29.1 Å². The Balaban J connectivity index is 1.64. The van der Waals surface area contributed by atoms with Crippen molar-refractivity contribution in [3.8, 4) is 17.2 Å². The lowest BCUT2D eigenvalue weighted by Crippen LogP contribution is -2.35. The van der Waals surface area contributed by atoms with E-state index in [1.807, 2.05) is 26.0 Å². The van der Waals surface area contributed by atoms with E-state index in [0.717, 1.165) is 11.1 Å².